The van der Waals surface area contributed by atoms with Gasteiger partial charge in [0.15, 0.2) is 5.84 Å². The van der Waals surface area contributed by atoms with Gasteiger partial charge in [-0.25, -0.2) is 4.99 Å². The molecule has 1 N–H and O–H groups in total. The van der Waals surface area contributed by atoms with Gasteiger partial charge >= 0.3 is 0 Å². The molecular weight excluding hydrogens is 370 g/mol. The molecule has 4 aromatic carbocycles. The minimum Gasteiger partial charge on any atom is -0.497 e. The molecular formula is C26H21N3O. The molecule has 1 heterocycles. The van der Waals surface area contributed by atoms with E-state index in [0.29, 0.717) is 5.84 Å². The molecule has 4 aromatic rings. The second-order valence-electron chi connectivity index (χ2n) is 7.31. The number of rotatable bonds is 3. The lowest BCUT2D eigenvalue weighted by atomic mass is 9.96. The van der Waals surface area contributed by atoms with Crippen LogP contribution in [0.3, 0.4) is 0 Å². The van der Waals surface area contributed by atoms with Crippen molar-refractivity contribution >= 4 is 28.0 Å². The molecule has 0 radical (unpaired) electrons. The van der Waals surface area contributed by atoms with Gasteiger partial charge in [-0.1, -0.05) is 60.2 Å². The number of methoxy groups -OCH3 is 1. The molecule has 0 aliphatic carbocycles. The first-order valence-electron chi connectivity index (χ1n) is 9.89. The Morgan fingerprint density at radius 1 is 0.767 bits per heavy atom. The topological polar surface area (TPSA) is 46.0 Å². The van der Waals surface area contributed by atoms with Crippen LogP contribution in [0.4, 0.5) is 5.69 Å². The van der Waals surface area contributed by atoms with E-state index >= 15 is 0 Å². The minimum absolute atomic E-state index is 0.706. The van der Waals surface area contributed by atoms with E-state index in [4.69, 9.17) is 14.8 Å². The van der Waals surface area contributed by atoms with Gasteiger partial charge in [0.2, 0.25) is 0 Å². The lowest BCUT2D eigenvalue weighted by Gasteiger charge is -2.10. The zero-order valence-corrected chi connectivity index (χ0v) is 16.9. The average molecular weight is 391 g/mol. The summed E-state index contributed by atoms with van der Waals surface area (Å²) in [6.07, 6.45) is 0. The Kier molecular flexibility index (Phi) is 4.52. The van der Waals surface area contributed by atoms with Crippen LogP contribution in [-0.2, 0) is 0 Å². The van der Waals surface area contributed by atoms with E-state index < -0.39 is 0 Å². The number of nitrogens with one attached hydrogen (secondary N) is 1. The highest BCUT2D eigenvalue weighted by atomic mass is 16.5. The van der Waals surface area contributed by atoms with E-state index in [0.717, 1.165) is 44.6 Å². The standard InChI is InChI=1S/C26H21N3O/c1-17-7-9-19(10-8-17)24-23-16-13-18-5-3-4-6-22(18)25(23)27-26(29-28-24)20-11-14-21(30-2)15-12-20/h3-16H,1-2H3,(H,27,29). The third-order valence-corrected chi connectivity index (χ3v) is 5.34. The van der Waals surface area contributed by atoms with Crippen LogP contribution in [0.2, 0.25) is 0 Å². The highest BCUT2D eigenvalue weighted by Crippen LogP contribution is 2.34. The molecule has 4 heteroatoms. The van der Waals surface area contributed by atoms with E-state index in [2.05, 4.69) is 60.9 Å². The first-order valence-corrected chi connectivity index (χ1v) is 9.89. The number of hydrogen-bond donors (Lipinski definition) is 1. The van der Waals surface area contributed by atoms with Gasteiger partial charge in [0.05, 0.1) is 18.5 Å². The molecule has 1 aliphatic rings. The number of ether oxygens (including phenoxy) is 1. The summed E-state index contributed by atoms with van der Waals surface area (Å²) in [6.45, 7) is 2.09. The van der Waals surface area contributed by atoms with Gasteiger partial charge in [0.1, 0.15) is 5.75 Å². The van der Waals surface area contributed by atoms with Crippen molar-refractivity contribution in [2.24, 2.45) is 10.1 Å². The number of hydrazone groups is 1. The summed E-state index contributed by atoms with van der Waals surface area (Å²) >= 11 is 0. The van der Waals surface area contributed by atoms with Gasteiger partial charge < -0.3 is 4.74 Å². The van der Waals surface area contributed by atoms with Crippen molar-refractivity contribution in [3.63, 3.8) is 0 Å². The summed E-state index contributed by atoms with van der Waals surface area (Å²) < 4.78 is 5.29. The lowest BCUT2D eigenvalue weighted by Crippen LogP contribution is -2.19. The molecule has 0 bridgehead atoms. The summed E-state index contributed by atoms with van der Waals surface area (Å²) in [5, 5.41) is 7.03. The van der Waals surface area contributed by atoms with E-state index in [9.17, 15) is 0 Å². The number of benzene rings is 4. The highest BCUT2D eigenvalue weighted by Gasteiger charge is 2.19. The molecule has 0 fully saturated rings. The minimum atomic E-state index is 0.706. The number of nitrogens with zero attached hydrogens (tertiary/aromatic N) is 2. The molecule has 0 saturated carbocycles. The molecule has 4 nitrogen and oxygen atoms in total. The van der Waals surface area contributed by atoms with Gasteiger partial charge in [0.25, 0.3) is 0 Å². The first-order chi connectivity index (χ1) is 14.7. The van der Waals surface area contributed by atoms with Crippen molar-refractivity contribution in [3.8, 4) is 5.75 Å². The van der Waals surface area contributed by atoms with Crippen LogP contribution >= 0.6 is 0 Å². The van der Waals surface area contributed by atoms with Crippen LogP contribution in [0.1, 0.15) is 22.3 Å². The molecule has 0 saturated heterocycles. The van der Waals surface area contributed by atoms with E-state index in [-0.39, 0.29) is 0 Å². The zero-order valence-electron chi connectivity index (χ0n) is 16.9. The molecule has 0 spiro atoms. The van der Waals surface area contributed by atoms with Gasteiger partial charge in [-0.15, -0.1) is 0 Å². The summed E-state index contributed by atoms with van der Waals surface area (Å²) in [4.78, 5) is 5.04. The van der Waals surface area contributed by atoms with Crippen LogP contribution in [0.5, 0.6) is 5.75 Å². The van der Waals surface area contributed by atoms with E-state index in [1.165, 1.54) is 5.56 Å². The Bertz CT molecular complexity index is 1290. The quantitative estimate of drug-likeness (QED) is 0.495. The van der Waals surface area contributed by atoms with Crippen molar-refractivity contribution in [1.82, 2.24) is 5.43 Å². The normalized spacial score (nSPS) is 13.0. The predicted octanol–water partition coefficient (Wildman–Crippen LogP) is 5.59. The van der Waals surface area contributed by atoms with Crippen molar-refractivity contribution in [1.29, 1.82) is 0 Å². The lowest BCUT2D eigenvalue weighted by molar-refractivity contribution is 0.415. The Balaban J connectivity index is 1.73. The second-order valence-corrected chi connectivity index (χ2v) is 7.31. The predicted molar refractivity (Wildman–Crippen MR) is 123 cm³/mol. The number of hydrogen-bond acceptors (Lipinski definition) is 4. The second kappa shape index (κ2) is 7.48. The summed E-state index contributed by atoms with van der Waals surface area (Å²) in [6, 6.07) is 28.8. The maximum absolute atomic E-state index is 5.29. The van der Waals surface area contributed by atoms with Crippen molar-refractivity contribution in [2.75, 3.05) is 7.11 Å². The summed E-state index contributed by atoms with van der Waals surface area (Å²) in [5.74, 6) is 1.51. The molecule has 0 atom stereocenters. The molecule has 0 unspecified atom stereocenters. The smallest absolute Gasteiger partial charge is 0.154 e. The fraction of sp³-hybridized carbons (Fsp3) is 0.0769. The van der Waals surface area contributed by atoms with Crippen LogP contribution in [0.15, 0.2) is 95.0 Å². The molecule has 0 aromatic heterocycles. The third kappa shape index (κ3) is 3.22. The number of aliphatic imine (C=N–C) groups is 1. The first kappa shape index (κ1) is 18.1. The molecule has 30 heavy (non-hydrogen) atoms. The van der Waals surface area contributed by atoms with Gasteiger partial charge in [-0.05, 0) is 42.6 Å². The van der Waals surface area contributed by atoms with E-state index in [1.54, 1.807) is 7.11 Å². The largest absolute Gasteiger partial charge is 0.497 e. The average Bonchev–Trinajstić information content (AvgIpc) is 3.00. The Morgan fingerprint density at radius 3 is 2.27 bits per heavy atom. The van der Waals surface area contributed by atoms with Crippen molar-refractivity contribution in [3.05, 3.63) is 107 Å². The summed E-state index contributed by atoms with van der Waals surface area (Å²) in [7, 11) is 1.66. The number of amidine groups is 1. The maximum atomic E-state index is 5.29. The van der Waals surface area contributed by atoms with Crippen molar-refractivity contribution in [2.45, 2.75) is 6.92 Å². The number of aryl methyl sites for hydroxylation is 1. The molecule has 5 rings (SSSR count). The molecule has 1 aliphatic heterocycles. The summed E-state index contributed by atoms with van der Waals surface area (Å²) in [5.41, 5.74) is 9.23. The van der Waals surface area contributed by atoms with Crippen LogP contribution in [-0.4, -0.2) is 18.7 Å². The number of fused-ring (bicyclic) bond motifs is 3. The van der Waals surface area contributed by atoms with Crippen LogP contribution in [0, 0.1) is 6.92 Å². The molecule has 0 amide bonds. The van der Waals surface area contributed by atoms with Crippen molar-refractivity contribution < 1.29 is 4.74 Å². The van der Waals surface area contributed by atoms with E-state index in [1.807, 2.05) is 36.4 Å². The third-order valence-electron chi connectivity index (χ3n) is 5.34. The van der Waals surface area contributed by atoms with Crippen LogP contribution in [0.25, 0.3) is 10.8 Å². The SMILES string of the molecule is COc1ccc(C2=Nc3c(ccc4ccccc34)C(c3ccc(C)cc3)=NN2)cc1. The van der Waals surface area contributed by atoms with Gasteiger partial charge in [0, 0.05) is 22.1 Å². The Morgan fingerprint density at radius 2 is 1.50 bits per heavy atom. The van der Waals surface area contributed by atoms with Gasteiger partial charge in [-0.2, -0.15) is 5.10 Å². The fourth-order valence-electron chi connectivity index (χ4n) is 3.68. The molecule has 146 valence electrons. The zero-order chi connectivity index (χ0) is 20.5. The Labute approximate surface area is 175 Å². The Hall–Kier alpha value is -3.92. The fourth-order valence-corrected chi connectivity index (χ4v) is 3.68. The highest BCUT2D eigenvalue weighted by molar-refractivity contribution is 6.21. The van der Waals surface area contributed by atoms with Crippen LogP contribution < -0.4 is 10.2 Å². The monoisotopic (exact) mass is 391 g/mol. The maximum Gasteiger partial charge on any atom is 0.154 e. The van der Waals surface area contributed by atoms with Gasteiger partial charge in [-0.3, -0.25) is 5.43 Å².